The van der Waals surface area contributed by atoms with Gasteiger partial charge in [-0.1, -0.05) is 148 Å². The summed E-state index contributed by atoms with van der Waals surface area (Å²) in [6.07, 6.45) is 35.0. The third-order valence-electron chi connectivity index (χ3n) is 6.09. The summed E-state index contributed by atoms with van der Waals surface area (Å²) in [6, 6.07) is 0. The number of ether oxygens (including phenoxy) is 1. The molecule has 2 nitrogen and oxygen atoms in total. The summed E-state index contributed by atoms with van der Waals surface area (Å²) < 4.78 is 4.62. The lowest BCUT2D eigenvalue weighted by Gasteiger charge is -2.03. The smallest absolute Gasteiger partial charge is 0.305 e. The first kappa shape index (κ1) is 33.4. The summed E-state index contributed by atoms with van der Waals surface area (Å²) in [6.45, 7) is 6.74. The standard InChI is InChI=1S/C17H34O2.C13H26/c1-3-4-5-6-7-8-9-10-11-12-13-14-15-16-17(18)19-2;1-3-5-7-9-11-13-12-10-8-6-4-2/h3-16H2,1-2H3;5,7H,3-4,6,8-13H2,1-2H3/b;7-5+. The summed E-state index contributed by atoms with van der Waals surface area (Å²) in [5, 5.41) is 0. The van der Waals surface area contributed by atoms with Crippen LogP contribution in [0.4, 0.5) is 0 Å². The predicted octanol–water partition coefficient (Wildman–Crippen LogP) is 10.7. The second-order valence-corrected chi connectivity index (χ2v) is 9.36. The van der Waals surface area contributed by atoms with Gasteiger partial charge in [-0.05, 0) is 25.7 Å². The topological polar surface area (TPSA) is 26.3 Å². The first-order valence-corrected chi connectivity index (χ1v) is 14.4. The van der Waals surface area contributed by atoms with Crippen molar-refractivity contribution in [3.05, 3.63) is 12.2 Å². The van der Waals surface area contributed by atoms with E-state index in [4.69, 9.17) is 0 Å². The molecule has 0 fully saturated rings. The maximum atomic E-state index is 10.9. The SMILES string of the molecule is CC/C=C/CCCCCCCCC.CCCCCCCCCCCCCCCC(=O)OC. The Kier molecular flexibility index (Phi) is 33.8. The molecule has 0 heterocycles. The van der Waals surface area contributed by atoms with E-state index in [0.717, 1.165) is 6.42 Å². The molecule has 0 aromatic carbocycles. The van der Waals surface area contributed by atoms with E-state index in [-0.39, 0.29) is 5.97 Å². The molecule has 0 unspecified atom stereocenters. The number of unbranched alkanes of at least 4 members (excludes halogenated alkanes) is 19. The van der Waals surface area contributed by atoms with E-state index in [1.165, 1.54) is 142 Å². The Labute approximate surface area is 203 Å². The molecule has 2 heteroatoms. The van der Waals surface area contributed by atoms with Gasteiger partial charge in [-0.15, -0.1) is 0 Å². The molecule has 0 amide bonds. The monoisotopic (exact) mass is 452 g/mol. The fourth-order valence-electron chi connectivity index (χ4n) is 3.89. The Morgan fingerprint density at radius 2 is 0.906 bits per heavy atom. The lowest BCUT2D eigenvalue weighted by molar-refractivity contribution is -0.140. The number of allylic oxidation sites excluding steroid dienone is 2. The van der Waals surface area contributed by atoms with Crippen LogP contribution in [0.1, 0.15) is 168 Å². The molecule has 0 N–H and O–H groups in total. The summed E-state index contributed by atoms with van der Waals surface area (Å²) in [5.41, 5.74) is 0. The van der Waals surface area contributed by atoms with Crippen molar-refractivity contribution in [1.29, 1.82) is 0 Å². The van der Waals surface area contributed by atoms with Crippen molar-refractivity contribution in [3.63, 3.8) is 0 Å². The Hall–Kier alpha value is -0.790. The van der Waals surface area contributed by atoms with Crippen LogP contribution in [0, 0.1) is 0 Å². The fourth-order valence-corrected chi connectivity index (χ4v) is 3.89. The third kappa shape index (κ3) is 33.8. The van der Waals surface area contributed by atoms with Gasteiger partial charge in [-0.2, -0.15) is 0 Å². The summed E-state index contributed by atoms with van der Waals surface area (Å²) in [4.78, 5) is 10.9. The largest absolute Gasteiger partial charge is 0.469 e. The molecule has 0 spiro atoms. The minimum Gasteiger partial charge on any atom is -0.469 e. The third-order valence-corrected chi connectivity index (χ3v) is 6.09. The Morgan fingerprint density at radius 3 is 1.28 bits per heavy atom. The molecule has 0 radical (unpaired) electrons. The molecule has 0 rings (SSSR count). The molecule has 0 saturated heterocycles. The van der Waals surface area contributed by atoms with Crippen molar-refractivity contribution in [2.75, 3.05) is 7.11 Å². The number of carbonyl (C=O) groups is 1. The zero-order valence-corrected chi connectivity index (χ0v) is 22.7. The Bertz CT molecular complexity index is 362. The molecule has 32 heavy (non-hydrogen) atoms. The number of methoxy groups -OCH3 is 1. The van der Waals surface area contributed by atoms with Gasteiger partial charge in [0.15, 0.2) is 0 Å². The molecule has 0 atom stereocenters. The van der Waals surface area contributed by atoms with Gasteiger partial charge in [0.2, 0.25) is 0 Å². The van der Waals surface area contributed by atoms with Gasteiger partial charge >= 0.3 is 5.97 Å². The number of rotatable bonds is 23. The van der Waals surface area contributed by atoms with Crippen LogP contribution in [0.5, 0.6) is 0 Å². The van der Waals surface area contributed by atoms with E-state index in [0.29, 0.717) is 6.42 Å². The Balaban J connectivity index is 0. The first-order valence-electron chi connectivity index (χ1n) is 14.4. The van der Waals surface area contributed by atoms with Crippen molar-refractivity contribution in [2.45, 2.75) is 168 Å². The summed E-state index contributed by atoms with van der Waals surface area (Å²) in [7, 11) is 1.46. The zero-order chi connectivity index (χ0) is 24.0. The maximum absolute atomic E-state index is 10.9. The minimum atomic E-state index is -0.0666. The van der Waals surface area contributed by atoms with Gasteiger partial charge in [0, 0.05) is 6.42 Å². The minimum absolute atomic E-state index is 0.0666. The van der Waals surface area contributed by atoms with Gasteiger partial charge in [-0.25, -0.2) is 0 Å². The average Bonchev–Trinajstić information content (AvgIpc) is 2.81. The van der Waals surface area contributed by atoms with Crippen LogP contribution < -0.4 is 0 Å². The quantitative estimate of drug-likeness (QED) is 0.0875. The summed E-state index contributed by atoms with van der Waals surface area (Å²) in [5.74, 6) is -0.0666. The van der Waals surface area contributed by atoms with Crippen LogP contribution in [-0.2, 0) is 9.53 Å². The van der Waals surface area contributed by atoms with Crippen molar-refractivity contribution in [2.24, 2.45) is 0 Å². The molecule has 0 aliphatic rings. The number of hydrogen-bond acceptors (Lipinski definition) is 2. The fraction of sp³-hybridized carbons (Fsp3) is 0.900. The summed E-state index contributed by atoms with van der Waals surface area (Å²) >= 11 is 0. The van der Waals surface area contributed by atoms with E-state index in [1.807, 2.05) is 0 Å². The molecular weight excluding hydrogens is 392 g/mol. The highest BCUT2D eigenvalue weighted by Gasteiger charge is 1.99. The van der Waals surface area contributed by atoms with E-state index in [2.05, 4.69) is 37.7 Å². The number of esters is 1. The lowest BCUT2D eigenvalue weighted by Crippen LogP contribution is -1.99. The van der Waals surface area contributed by atoms with Crippen LogP contribution in [0.15, 0.2) is 12.2 Å². The molecule has 0 aromatic heterocycles. The predicted molar refractivity (Wildman–Crippen MR) is 144 cm³/mol. The molecule has 0 bridgehead atoms. The normalized spacial score (nSPS) is 10.9. The van der Waals surface area contributed by atoms with Gasteiger partial charge in [-0.3, -0.25) is 4.79 Å². The van der Waals surface area contributed by atoms with Crippen molar-refractivity contribution < 1.29 is 9.53 Å². The molecular formula is C30H60O2. The zero-order valence-electron chi connectivity index (χ0n) is 22.7. The maximum Gasteiger partial charge on any atom is 0.305 e. The van der Waals surface area contributed by atoms with Crippen molar-refractivity contribution in [3.8, 4) is 0 Å². The molecule has 0 aromatic rings. The van der Waals surface area contributed by atoms with Crippen LogP contribution >= 0.6 is 0 Å². The van der Waals surface area contributed by atoms with E-state index < -0.39 is 0 Å². The van der Waals surface area contributed by atoms with E-state index in [9.17, 15) is 4.79 Å². The lowest BCUT2D eigenvalue weighted by atomic mass is 10.0. The van der Waals surface area contributed by atoms with Crippen molar-refractivity contribution >= 4 is 5.97 Å². The van der Waals surface area contributed by atoms with Gasteiger partial charge in [0.1, 0.15) is 0 Å². The van der Waals surface area contributed by atoms with E-state index in [1.54, 1.807) is 0 Å². The number of hydrogen-bond donors (Lipinski definition) is 0. The highest BCUT2D eigenvalue weighted by Crippen LogP contribution is 2.13. The number of carbonyl (C=O) groups excluding carboxylic acids is 1. The van der Waals surface area contributed by atoms with Crippen molar-refractivity contribution in [1.82, 2.24) is 0 Å². The highest BCUT2D eigenvalue weighted by molar-refractivity contribution is 5.68. The Morgan fingerprint density at radius 1 is 0.531 bits per heavy atom. The van der Waals surface area contributed by atoms with Crippen LogP contribution in [0.2, 0.25) is 0 Å². The van der Waals surface area contributed by atoms with E-state index >= 15 is 0 Å². The second-order valence-electron chi connectivity index (χ2n) is 9.36. The van der Waals surface area contributed by atoms with Crippen LogP contribution in [-0.4, -0.2) is 13.1 Å². The van der Waals surface area contributed by atoms with Crippen LogP contribution in [0.3, 0.4) is 0 Å². The average molecular weight is 453 g/mol. The van der Waals surface area contributed by atoms with Gasteiger partial charge in [0.25, 0.3) is 0 Å². The van der Waals surface area contributed by atoms with Crippen LogP contribution in [0.25, 0.3) is 0 Å². The molecule has 0 saturated carbocycles. The molecule has 0 aliphatic carbocycles. The second kappa shape index (κ2) is 32.4. The molecule has 0 aliphatic heterocycles. The first-order chi connectivity index (χ1) is 15.7. The molecule has 192 valence electrons. The van der Waals surface area contributed by atoms with Gasteiger partial charge in [0.05, 0.1) is 7.11 Å². The van der Waals surface area contributed by atoms with Gasteiger partial charge < -0.3 is 4.74 Å². The highest BCUT2D eigenvalue weighted by atomic mass is 16.5.